The first kappa shape index (κ1) is 10.1. The Morgan fingerprint density at radius 1 is 1.64 bits per heavy atom. The highest BCUT2D eigenvalue weighted by Crippen LogP contribution is 2.22. The molecule has 1 aromatic rings. The van der Waals surface area contributed by atoms with Crippen molar-refractivity contribution in [3.05, 3.63) is 39.2 Å². The summed E-state index contributed by atoms with van der Waals surface area (Å²) in [6.45, 7) is 1.46. The van der Waals surface area contributed by atoms with Crippen molar-refractivity contribution in [2.45, 2.75) is 13.3 Å². The van der Waals surface area contributed by atoms with Gasteiger partial charge < -0.3 is 0 Å². The third-order valence-electron chi connectivity index (χ3n) is 1.83. The summed E-state index contributed by atoms with van der Waals surface area (Å²) in [5.74, 6) is -0.574. The summed E-state index contributed by atoms with van der Waals surface area (Å²) in [5, 5.41) is 18.8. The Hall–Kier alpha value is -1.96. The molecule has 0 aliphatic carbocycles. The van der Waals surface area contributed by atoms with Crippen molar-refractivity contribution in [2.75, 3.05) is 0 Å². The van der Waals surface area contributed by atoms with Crippen molar-refractivity contribution in [1.29, 1.82) is 5.26 Å². The van der Waals surface area contributed by atoms with E-state index in [1.807, 2.05) is 0 Å². The van der Waals surface area contributed by atoms with Crippen molar-refractivity contribution in [2.24, 2.45) is 0 Å². The Bertz CT molecular complexity index is 424. The molecular formula is C9H7FN2O2. The first-order chi connectivity index (χ1) is 6.56. The van der Waals surface area contributed by atoms with E-state index in [0.29, 0.717) is 0 Å². The zero-order valence-electron chi connectivity index (χ0n) is 7.45. The van der Waals surface area contributed by atoms with Crippen LogP contribution in [0.15, 0.2) is 12.1 Å². The third-order valence-corrected chi connectivity index (χ3v) is 1.83. The Morgan fingerprint density at radius 3 is 2.79 bits per heavy atom. The van der Waals surface area contributed by atoms with E-state index in [2.05, 4.69) is 0 Å². The second kappa shape index (κ2) is 3.83. The molecule has 0 heterocycles. The van der Waals surface area contributed by atoms with E-state index in [-0.39, 0.29) is 23.2 Å². The number of nitriles is 1. The van der Waals surface area contributed by atoms with Gasteiger partial charge in [-0.05, 0) is 13.0 Å². The number of nitrogens with zero attached hydrogens (tertiary/aromatic N) is 2. The van der Waals surface area contributed by atoms with Gasteiger partial charge in [0.1, 0.15) is 5.82 Å². The van der Waals surface area contributed by atoms with Gasteiger partial charge in [0.2, 0.25) is 0 Å². The monoisotopic (exact) mass is 194 g/mol. The SMILES string of the molecule is Cc1cc(F)c(CC#N)cc1[N+](=O)[O-]. The summed E-state index contributed by atoms with van der Waals surface area (Å²) in [7, 11) is 0. The normalized spacial score (nSPS) is 9.50. The van der Waals surface area contributed by atoms with Gasteiger partial charge in [-0.2, -0.15) is 5.26 Å². The number of rotatable bonds is 2. The predicted molar refractivity (Wildman–Crippen MR) is 47.1 cm³/mol. The summed E-state index contributed by atoms with van der Waals surface area (Å²) in [6.07, 6.45) is -0.160. The van der Waals surface area contributed by atoms with Crippen molar-refractivity contribution in [1.82, 2.24) is 0 Å². The maximum atomic E-state index is 13.1. The number of nitro benzene ring substituents is 1. The van der Waals surface area contributed by atoms with Gasteiger partial charge in [0.05, 0.1) is 17.4 Å². The van der Waals surface area contributed by atoms with E-state index in [9.17, 15) is 14.5 Å². The molecule has 72 valence electrons. The van der Waals surface area contributed by atoms with Gasteiger partial charge in [-0.15, -0.1) is 0 Å². The van der Waals surface area contributed by atoms with Gasteiger partial charge >= 0.3 is 0 Å². The van der Waals surface area contributed by atoms with E-state index < -0.39 is 10.7 Å². The topological polar surface area (TPSA) is 66.9 Å². The lowest BCUT2D eigenvalue weighted by atomic mass is 10.1. The van der Waals surface area contributed by atoms with Crippen LogP contribution in [0.2, 0.25) is 0 Å². The Morgan fingerprint density at radius 2 is 2.29 bits per heavy atom. The lowest BCUT2D eigenvalue weighted by Crippen LogP contribution is -1.97. The molecule has 0 bridgehead atoms. The minimum Gasteiger partial charge on any atom is -0.258 e. The fourth-order valence-corrected chi connectivity index (χ4v) is 1.12. The maximum absolute atomic E-state index is 13.1. The fraction of sp³-hybridized carbons (Fsp3) is 0.222. The van der Waals surface area contributed by atoms with Gasteiger partial charge in [-0.25, -0.2) is 4.39 Å². The van der Waals surface area contributed by atoms with E-state index in [0.717, 1.165) is 12.1 Å². The fourth-order valence-electron chi connectivity index (χ4n) is 1.12. The first-order valence-corrected chi connectivity index (χ1v) is 3.86. The van der Waals surface area contributed by atoms with Crippen LogP contribution in [0, 0.1) is 34.2 Å². The molecule has 0 saturated carbocycles. The lowest BCUT2D eigenvalue weighted by Gasteiger charge is -2.01. The van der Waals surface area contributed by atoms with Crippen LogP contribution in [0.3, 0.4) is 0 Å². The second-order valence-corrected chi connectivity index (χ2v) is 2.82. The van der Waals surface area contributed by atoms with Crippen molar-refractivity contribution in [3.63, 3.8) is 0 Å². The summed E-state index contributed by atoms with van der Waals surface area (Å²) in [6, 6.07) is 3.93. The van der Waals surface area contributed by atoms with Gasteiger partial charge in [0.25, 0.3) is 5.69 Å². The average Bonchev–Trinajstić information content (AvgIpc) is 2.09. The van der Waals surface area contributed by atoms with Crippen LogP contribution in [0.25, 0.3) is 0 Å². The minimum absolute atomic E-state index is 0.0600. The number of aryl methyl sites for hydroxylation is 1. The van der Waals surface area contributed by atoms with Gasteiger partial charge in [0, 0.05) is 17.2 Å². The Balaban J connectivity index is 3.28. The molecule has 0 amide bonds. The molecule has 1 rings (SSSR count). The molecule has 4 nitrogen and oxygen atoms in total. The smallest absolute Gasteiger partial charge is 0.258 e. The van der Waals surface area contributed by atoms with Crippen LogP contribution in [0.5, 0.6) is 0 Å². The molecule has 0 unspecified atom stereocenters. The first-order valence-electron chi connectivity index (χ1n) is 3.86. The van der Waals surface area contributed by atoms with Crippen molar-refractivity contribution in [3.8, 4) is 6.07 Å². The number of halogens is 1. The van der Waals surface area contributed by atoms with Crippen molar-refractivity contribution < 1.29 is 9.31 Å². The minimum atomic E-state index is -0.588. The average molecular weight is 194 g/mol. The summed E-state index contributed by atoms with van der Waals surface area (Å²) < 4.78 is 13.1. The maximum Gasteiger partial charge on any atom is 0.272 e. The van der Waals surface area contributed by atoms with E-state index in [4.69, 9.17) is 5.26 Å². The molecule has 0 atom stereocenters. The molecule has 0 aromatic heterocycles. The molecule has 14 heavy (non-hydrogen) atoms. The van der Waals surface area contributed by atoms with Crippen LogP contribution in [0.4, 0.5) is 10.1 Å². The molecule has 1 aromatic carbocycles. The lowest BCUT2D eigenvalue weighted by molar-refractivity contribution is -0.385. The van der Waals surface area contributed by atoms with E-state index in [1.165, 1.54) is 6.92 Å². The molecule has 0 radical (unpaired) electrons. The highest BCUT2D eigenvalue weighted by molar-refractivity contribution is 5.43. The van der Waals surface area contributed by atoms with Crippen LogP contribution >= 0.6 is 0 Å². The van der Waals surface area contributed by atoms with Crippen molar-refractivity contribution >= 4 is 5.69 Å². The van der Waals surface area contributed by atoms with Gasteiger partial charge in [-0.1, -0.05) is 0 Å². The molecule has 0 aliphatic heterocycles. The van der Waals surface area contributed by atoms with Crippen LogP contribution < -0.4 is 0 Å². The van der Waals surface area contributed by atoms with E-state index >= 15 is 0 Å². The molecule has 0 aliphatic rings. The summed E-state index contributed by atoms with van der Waals surface area (Å²) in [4.78, 5) is 9.90. The molecule has 0 saturated heterocycles. The number of nitro groups is 1. The van der Waals surface area contributed by atoms with Crippen LogP contribution in [-0.2, 0) is 6.42 Å². The number of hydrogen-bond donors (Lipinski definition) is 0. The third kappa shape index (κ3) is 1.85. The summed E-state index contributed by atoms with van der Waals surface area (Å²) >= 11 is 0. The predicted octanol–water partition coefficient (Wildman–Crippen LogP) is 2.11. The molecule has 0 spiro atoms. The zero-order chi connectivity index (χ0) is 10.7. The largest absolute Gasteiger partial charge is 0.272 e. The summed E-state index contributed by atoms with van der Waals surface area (Å²) in [5.41, 5.74) is 0.163. The standard InChI is InChI=1S/C9H7FN2O2/c1-6-4-8(10)7(2-3-11)5-9(6)12(13)14/h4-5H,2H2,1H3. The highest BCUT2D eigenvalue weighted by Gasteiger charge is 2.14. The molecule has 0 N–H and O–H groups in total. The Labute approximate surface area is 79.7 Å². The molecule has 5 heteroatoms. The Kier molecular flexibility index (Phi) is 2.77. The second-order valence-electron chi connectivity index (χ2n) is 2.82. The quantitative estimate of drug-likeness (QED) is 0.534. The number of benzene rings is 1. The van der Waals surface area contributed by atoms with Gasteiger partial charge in [-0.3, -0.25) is 10.1 Å². The van der Waals surface area contributed by atoms with Crippen LogP contribution in [0.1, 0.15) is 11.1 Å². The highest BCUT2D eigenvalue weighted by atomic mass is 19.1. The molecule has 0 fully saturated rings. The van der Waals surface area contributed by atoms with Crippen LogP contribution in [-0.4, -0.2) is 4.92 Å². The van der Waals surface area contributed by atoms with Gasteiger partial charge in [0.15, 0.2) is 0 Å². The zero-order valence-corrected chi connectivity index (χ0v) is 7.45. The number of hydrogen-bond acceptors (Lipinski definition) is 3. The molecular weight excluding hydrogens is 187 g/mol. The van der Waals surface area contributed by atoms with E-state index in [1.54, 1.807) is 6.07 Å².